The maximum absolute atomic E-state index is 12.8. The van der Waals surface area contributed by atoms with Crippen LogP contribution in [0.2, 0.25) is 0 Å². The summed E-state index contributed by atoms with van der Waals surface area (Å²) in [5.74, 6) is -1.23. The molecule has 0 radical (unpaired) electrons. The molecule has 0 unspecified atom stereocenters. The second-order valence-electron chi connectivity index (χ2n) is 10.4. The van der Waals surface area contributed by atoms with Crippen molar-refractivity contribution in [3.63, 3.8) is 0 Å². The lowest BCUT2D eigenvalue weighted by atomic mass is 9.65. The molecule has 0 bridgehead atoms. The van der Waals surface area contributed by atoms with E-state index >= 15 is 0 Å². The molecule has 11 heteroatoms. The molecule has 3 aromatic carbocycles. The van der Waals surface area contributed by atoms with Gasteiger partial charge in [-0.15, -0.1) is 0 Å². The van der Waals surface area contributed by atoms with Crippen LogP contribution in [-0.4, -0.2) is 68.1 Å². The molecule has 1 aliphatic heterocycles. The van der Waals surface area contributed by atoms with E-state index in [1.807, 2.05) is 36.4 Å². The number of fused-ring (bicyclic) bond motifs is 2. The van der Waals surface area contributed by atoms with Crippen LogP contribution in [0.4, 0.5) is 23.7 Å². The third-order valence-corrected chi connectivity index (χ3v) is 8.07. The van der Waals surface area contributed by atoms with Crippen LogP contribution in [-0.2, 0) is 10.2 Å². The van der Waals surface area contributed by atoms with Gasteiger partial charge in [-0.2, -0.15) is 13.2 Å². The summed E-state index contributed by atoms with van der Waals surface area (Å²) in [6.07, 6.45) is -1.07. The van der Waals surface area contributed by atoms with E-state index in [1.54, 1.807) is 14.2 Å². The van der Waals surface area contributed by atoms with Crippen molar-refractivity contribution in [2.24, 2.45) is 0 Å². The number of carbonyl (C=O) groups excluding carboxylic acids is 1. The highest BCUT2D eigenvalue weighted by molar-refractivity contribution is 5.93. The van der Waals surface area contributed by atoms with Crippen molar-refractivity contribution < 1.29 is 37.3 Å². The van der Waals surface area contributed by atoms with Gasteiger partial charge in [0.2, 0.25) is 0 Å². The van der Waals surface area contributed by atoms with E-state index in [9.17, 15) is 18.0 Å². The van der Waals surface area contributed by atoms with Crippen LogP contribution < -0.4 is 20.1 Å². The number of benzene rings is 3. The Bertz CT molecular complexity index is 1400. The van der Waals surface area contributed by atoms with Gasteiger partial charge in [-0.05, 0) is 79.9 Å². The van der Waals surface area contributed by atoms with Crippen molar-refractivity contribution in [1.82, 2.24) is 10.2 Å². The van der Waals surface area contributed by atoms with Gasteiger partial charge < -0.3 is 30.1 Å². The molecule has 2 amide bonds. The molecule has 1 saturated carbocycles. The number of carboxylic acids is 1. The quantitative estimate of drug-likeness (QED) is 0.357. The van der Waals surface area contributed by atoms with Gasteiger partial charge in [-0.1, -0.05) is 36.4 Å². The Morgan fingerprint density at radius 3 is 2.32 bits per heavy atom. The van der Waals surface area contributed by atoms with Crippen molar-refractivity contribution in [1.29, 1.82) is 0 Å². The molecule has 3 N–H and O–H groups in total. The zero-order chi connectivity index (χ0) is 29.8. The lowest BCUT2D eigenvalue weighted by Crippen LogP contribution is -2.52. The van der Waals surface area contributed by atoms with E-state index in [1.165, 1.54) is 5.56 Å². The third-order valence-electron chi connectivity index (χ3n) is 8.07. The first-order valence-electron chi connectivity index (χ1n) is 13.3. The molecule has 41 heavy (non-hydrogen) atoms. The number of amides is 2. The van der Waals surface area contributed by atoms with E-state index in [0.29, 0.717) is 6.04 Å². The van der Waals surface area contributed by atoms with E-state index in [-0.39, 0.29) is 17.5 Å². The lowest BCUT2D eigenvalue weighted by molar-refractivity contribution is -0.192. The van der Waals surface area contributed by atoms with E-state index in [4.69, 9.17) is 19.4 Å². The van der Waals surface area contributed by atoms with E-state index < -0.39 is 12.1 Å². The predicted molar refractivity (Wildman–Crippen MR) is 150 cm³/mol. The molecule has 0 spiro atoms. The van der Waals surface area contributed by atoms with Crippen molar-refractivity contribution in [3.05, 3.63) is 66.2 Å². The largest absolute Gasteiger partial charge is 0.493 e. The van der Waals surface area contributed by atoms with Crippen LogP contribution in [0.15, 0.2) is 60.7 Å². The van der Waals surface area contributed by atoms with Gasteiger partial charge in [0, 0.05) is 23.2 Å². The summed E-state index contributed by atoms with van der Waals surface area (Å²) in [4.78, 5) is 24.2. The maximum Gasteiger partial charge on any atom is 0.490 e. The predicted octanol–water partition coefficient (Wildman–Crippen LogP) is 5.81. The number of rotatable bonds is 5. The number of carboxylic acid groups (broad SMARTS) is 1. The van der Waals surface area contributed by atoms with Crippen LogP contribution in [0.3, 0.4) is 0 Å². The summed E-state index contributed by atoms with van der Waals surface area (Å²) in [6, 6.07) is 20.9. The first kappa shape index (κ1) is 30.0. The molecule has 2 fully saturated rings. The molecule has 220 valence electrons. The summed E-state index contributed by atoms with van der Waals surface area (Å²) in [7, 11) is 5.55. The van der Waals surface area contributed by atoms with Crippen LogP contribution in [0, 0.1) is 0 Å². The Labute approximate surface area is 236 Å². The molecule has 0 aromatic heterocycles. The number of ether oxygens (including phenoxy) is 2. The number of hydrogen-bond donors (Lipinski definition) is 3. The average Bonchev–Trinajstić information content (AvgIpc) is 3.29. The first-order valence-corrected chi connectivity index (χ1v) is 13.3. The van der Waals surface area contributed by atoms with Crippen LogP contribution in [0.5, 0.6) is 11.5 Å². The van der Waals surface area contributed by atoms with Crippen molar-refractivity contribution in [2.45, 2.75) is 49.4 Å². The van der Waals surface area contributed by atoms with Gasteiger partial charge in [0.25, 0.3) is 0 Å². The Morgan fingerprint density at radius 1 is 0.976 bits per heavy atom. The zero-order valence-electron chi connectivity index (χ0n) is 23.1. The summed E-state index contributed by atoms with van der Waals surface area (Å²) < 4.78 is 42.8. The van der Waals surface area contributed by atoms with Crippen LogP contribution in [0.25, 0.3) is 10.8 Å². The Morgan fingerprint density at radius 2 is 1.66 bits per heavy atom. The number of nitrogens with zero attached hydrogens (tertiary/aromatic N) is 1. The highest BCUT2D eigenvalue weighted by atomic mass is 19.4. The first-order chi connectivity index (χ1) is 19.5. The normalized spacial score (nSPS) is 22.2. The number of aliphatic carboxylic acids is 1. The van der Waals surface area contributed by atoms with Crippen LogP contribution in [0.1, 0.15) is 31.2 Å². The van der Waals surface area contributed by atoms with Crippen molar-refractivity contribution >= 4 is 28.5 Å². The third kappa shape index (κ3) is 6.67. The minimum Gasteiger partial charge on any atom is -0.493 e. The Kier molecular flexibility index (Phi) is 8.96. The number of alkyl halides is 3. The molecule has 2 aliphatic rings. The molecule has 3 atom stereocenters. The van der Waals surface area contributed by atoms with Gasteiger partial charge >= 0.3 is 18.2 Å². The fourth-order valence-corrected chi connectivity index (χ4v) is 6.01. The maximum atomic E-state index is 12.8. The number of carbonyl (C=O) groups is 2. The standard InChI is InChI=1S/C28H33N3O3.C2HF3O2/c1-31-15-14-28(21-9-11-24(33-2)25(17-21)34-3)13-12-23(18-26(28)31)30-27(32)29-22-10-8-19-6-4-5-7-20(19)16-22;3-2(4,5)1(6)7/h4-11,16-17,23,26H,12-15,18H2,1-3H3,(H2,29,30,32);(H,6,7)/t23-,26+,28+;/m1./s1. The van der Waals surface area contributed by atoms with Gasteiger partial charge in [-0.25, -0.2) is 9.59 Å². The molecule has 1 saturated heterocycles. The van der Waals surface area contributed by atoms with Crippen molar-refractivity contribution in [2.75, 3.05) is 33.1 Å². The fraction of sp³-hybridized carbons (Fsp3) is 0.400. The number of anilines is 1. The summed E-state index contributed by atoms with van der Waals surface area (Å²) in [6.45, 7) is 1.05. The topological polar surface area (TPSA) is 100 Å². The monoisotopic (exact) mass is 573 g/mol. The number of likely N-dealkylation sites (N-methyl/N-ethyl adjacent to an activating group) is 1. The number of nitrogens with one attached hydrogen (secondary N) is 2. The van der Waals surface area contributed by atoms with Gasteiger partial charge in [0.15, 0.2) is 11.5 Å². The summed E-state index contributed by atoms with van der Waals surface area (Å²) >= 11 is 0. The SMILES string of the molecule is COc1ccc([C@@]23CC[C@@H](NC(=O)Nc4ccc5ccccc5c4)C[C@@H]2N(C)CC3)cc1OC.O=C(O)C(F)(F)F. The molecule has 5 rings (SSSR count). The molecule has 8 nitrogen and oxygen atoms in total. The Hall–Kier alpha value is -3.99. The highest BCUT2D eigenvalue weighted by Crippen LogP contribution is 2.49. The molecule has 1 heterocycles. The smallest absolute Gasteiger partial charge is 0.490 e. The van der Waals surface area contributed by atoms with Gasteiger partial charge in [0.1, 0.15) is 0 Å². The highest BCUT2D eigenvalue weighted by Gasteiger charge is 2.50. The minimum absolute atomic E-state index is 0.0707. The second-order valence-corrected chi connectivity index (χ2v) is 10.4. The lowest BCUT2D eigenvalue weighted by Gasteiger charge is -2.45. The molecular weight excluding hydrogens is 539 g/mol. The number of likely N-dealkylation sites (tertiary alicyclic amines) is 1. The molecule has 3 aromatic rings. The van der Waals surface area contributed by atoms with Gasteiger partial charge in [0.05, 0.1) is 14.2 Å². The summed E-state index contributed by atoms with van der Waals surface area (Å²) in [5.41, 5.74) is 2.18. The average molecular weight is 574 g/mol. The van der Waals surface area contributed by atoms with E-state index in [2.05, 4.69) is 46.8 Å². The fourth-order valence-electron chi connectivity index (χ4n) is 6.01. The van der Waals surface area contributed by atoms with Crippen molar-refractivity contribution in [3.8, 4) is 11.5 Å². The zero-order valence-corrected chi connectivity index (χ0v) is 23.1. The number of halogens is 3. The molecular formula is C30H34F3N3O5. The number of methoxy groups -OCH3 is 2. The van der Waals surface area contributed by atoms with Crippen LogP contribution >= 0.6 is 0 Å². The number of urea groups is 1. The van der Waals surface area contributed by atoms with E-state index in [0.717, 1.165) is 60.2 Å². The Balaban J connectivity index is 0.000000493. The minimum atomic E-state index is -5.08. The van der Waals surface area contributed by atoms with Gasteiger partial charge in [-0.3, -0.25) is 0 Å². The summed E-state index contributed by atoms with van der Waals surface area (Å²) in [5, 5.41) is 15.7. The second kappa shape index (κ2) is 12.3. The number of hydrogen-bond acceptors (Lipinski definition) is 5. The molecule has 1 aliphatic carbocycles.